The molecule has 0 aliphatic heterocycles. The van der Waals surface area contributed by atoms with Crippen LogP contribution in [0.1, 0.15) is 0 Å². The number of rotatable bonds is 6. The summed E-state index contributed by atoms with van der Waals surface area (Å²) in [5, 5.41) is 5.80. The first kappa shape index (κ1) is 19.0. The van der Waals surface area contributed by atoms with Gasteiger partial charge in [0.05, 0.1) is 17.6 Å². The fraction of sp³-hybridized carbons (Fsp3) is 0. The van der Waals surface area contributed by atoms with Gasteiger partial charge < -0.3 is 5.32 Å². The Morgan fingerprint density at radius 1 is 0.931 bits per heavy atom. The van der Waals surface area contributed by atoms with E-state index in [0.717, 1.165) is 28.1 Å². The van der Waals surface area contributed by atoms with Crippen LogP contribution >= 0.6 is 11.3 Å². The number of halogens is 1. The van der Waals surface area contributed by atoms with Crippen molar-refractivity contribution in [2.24, 2.45) is 0 Å². The highest BCUT2D eigenvalue weighted by atomic mass is 32.2. The number of sulfonamides is 1. The number of aromatic nitrogens is 2. The van der Waals surface area contributed by atoms with Gasteiger partial charge in [-0.2, -0.15) is 0 Å². The van der Waals surface area contributed by atoms with Crippen LogP contribution in [0.25, 0.3) is 11.3 Å². The molecule has 0 fully saturated rings. The molecule has 0 saturated carbocycles. The van der Waals surface area contributed by atoms with E-state index < -0.39 is 20.7 Å². The van der Waals surface area contributed by atoms with Crippen LogP contribution < -0.4 is 10.0 Å². The Labute approximate surface area is 171 Å². The SMILES string of the molecule is O=S(=O)(Nc1ccc(-c2csc(Nc3cccnc3)n2)cc1)c1ccccc1F. The van der Waals surface area contributed by atoms with Gasteiger partial charge >= 0.3 is 0 Å². The molecule has 6 nitrogen and oxygen atoms in total. The van der Waals surface area contributed by atoms with Gasteiger partial charge in [0.1, 0.15) is 10.7 Å². The number of thiazole rings is 1. The molecule has 0 amide bonds. The van der Waals surface area contributed by atoms with E-state index in [9.17, 15) is 12.8 Å². The van der Waals surface area contributed by atoms with E-state index in [1.807, 2.05) is 17.5 Å². The Kier molecular flexibility index (Phi) is 5.24. The van der Waals surface area contributed by atoms with Crippen LogP contribution in [0.4, 0.5) is 20.9 Å². The quantitative estimate of drug-likeness (QED) is 0.459. The molecule has 2 aromatic heterocycles. The molecular formula is C20H15FN4O2S2. The number of hydrogen-bond donors (Lipinski definition) is 2. The van der Waals surface area contributed by atoms with Crippen LogP contribution in [0.2, 0.25) is 0 Å². The second-order valence-electron chi connectivity index (χ2n) is 6.02. The highest BCUT2D eigenvalue weighted by molar-refractivity contribution is 7.92. The van der Waals surface area contributed by atoms with E-state index in [0.29, 0.717) is 5.69 Å². The maximum Gasteiger partial charge on any atom is 0.264 e. The summed E-state index contributed by atoms with van der Waals surface area (Å²) in [4.78, 5) is 8.18. The van der Waals surface area contributed by atoms with Gasteiger partial charge in [-0.1, -0.05) is 24.3 Å². The monoisotopic (exact) mass is 426 g/mol. The Balaban J connectivity index is 1.49. The van der Waals surface area contributed by atoms with E-state index >= 15 is 0 Å². The highest BCUT2D eigenvalue weighted by Gasteiger charge is 2.18. The standard InChI is InChI=1S/C20H15FN4O2S2/c21-17-5-1-2-6-19(17)29(26,27)25-15-9-7-14(8-10-15)18-13-28-20(24-18)23-16-4-3-11-22-12-16/h1-13,25H,(H,23,24). The molecule has 2 aromatic carbocycles. The van der Waals surface area contributed by atoms with Gasteiger partial charge in [-0.3, -0.25) is 9.71 Å². The van der Waals surface area contributed by atoms with Crippen molar-refractivity contribution in [2.45, 2.75) is 4.90 Å². The second kappa shape index (κ2) is 7.98. The molecule has 4 rings (SSSR count). The van der Waals surface area contributed by atoms with Gasteiger partial charge in [0.2, 0.25) is 0 Å². The first-order valence-electron chi connectivity index (χ1n) is 8.52. The predicted molar refractivity (Wildman–Crippen MR) is 112 cm³/mol. The van der Waals surface area contributed by atoms with E-state index in [2.05, 4.69) is 20.0 Å². The van der Waals surface area contributed by atoms with Gasteiger partial charge in [0.15, 0.2) is 5.13 Å². The topological polar surface area (TPSA) is 84.0 Å². The van der Waals surface area contributed by atoms with Crippen LogP contribution in [-0.2, 0) is 10.0 Å². The Bertz CT molecular complexity index is 1230. The van der Waals surface area contributed by atoms with Crippen molar-refractivity contribution in [3.63, 3.8) is 0 Å². The molecule has 0 bridgehead atoms. The third-order valence-electron chi connectivity index (χ3n) is 3.98. The third-order valence-corrected chi connectivity index (χ3v) is 6.15. The lowest BCUT2D eigenvalue weighted by Gasteiger charge is -2.09. The van der Waals surface area contributed by atoms with Crippen LogP contribution in [-0.4, -0.2) is 18.4 Å². The molecule has 146 valence electrons. The van der Waals surface area contributed by atoms with E-state index in [1.165, 1.54) is 29.5 Å². The molecule has 0 aliphatic rings. The molecule has 0 saturated heterocycles. The second-order valence-corrected chi connectivity index (χ2v) is 8.53. The number of pyridine rings is 1. The number of benzene rings is 2. The number of nitrogens with zero attached hydrogens (tertiary/aromatic N) is 2. The average Bonchev–Trinajstić information content (AvgIpc) is 3.18. The summed E-state index contributed by atoms with van der Waals surface area (Å²) in [5.41, 5.74) is 2.76. The fourth-order valence-corrected chi connectivity index (χ4v) is 4.48. The molecule has 0 atom stereocenters. The molecule has 4 aromatic rings. The third kappa shape index (κ3) is 4.41. The maximum atomic E-state index is 13.8. The van der Waals surface area contributed by atoms with Gasteiger partial charge in [-0.25, -0.2) is 17.8 Å². The van der Waals surface area contributed by atoms with Crippen LogP contribution in [0.3, 0.4) is 0 Å². The van der Waals surface area contributed by atoms with Crippen LogP contribution in [0, 0.1) is 5.82 Å². The Morgan fingerprint density at radius 2 is 1.72 bits per heavy atom. The van der Waals surface area contributed by atoms with Crippen molar-refractivity contribution < 1.29 is 12.8 Å². The number of hydrogen-bond acceptors (Lipinski definition) is 6. The first-order valence-corrected chi connectivity index (χ1v) is 10.9. The Hall–Kier alpha value is -3.30. The van der Waals surface area contributed by atoms with Crippen LogP contribution in [0.15, 0.2) is 83.3 Å². The molecular weight excluding hydrogens is 411 g/mol. The molecule has 0 spiro atoms. The minimum atomic E-state index is -4.01. The van der Waals surface area contributed by atoms with Gasteiger partial charge in [0, 0.05) is 22.8 Å². The van der Waals surface area contributed by atoms with Crippen molar-refractivity contribution in [1.82, 2.24) is 9.97 Å². The zero-order valence-corrected chi connectivity index (χ0v) is 16.5. The Morgan fingerprint density at radius 3 is 2.45 bits per heavy atom. The zero-order chi connectivity index (χ0) is 20.3. The minimum Gasteiger partial charge on any atom is -0.330 e. The highest BCUT2D eigenvalue weighted by Crippen LogP contribution is 2.28. The summed E-state index contributed by atoms with van der Waals surface area (Å²) in [5.74, 6) is -0.798. The molecule has 9 heteroatoms. The summed E-state index contributed by atoms with van der Waals surface area (Å²) in [6, 6.07) is 15.7. The molecule has 0 radical (unpaired) electrons. The largest absolute Gasteiger partial charge is 0.330 e. The van der Waals surface area contributed by atoms with Crippen molar-refractivity contribution >= 4 is 37.9 Å². The van der Waals surface area contributed by atoms with Gasteiger partial charge in [-0.15, -0.1) is 11.3 Å². The van der Waals surface area contributed by atoms with Crippen molar-refractivity contribution in [3.8, 4) is 11.3 Å². The summed E-state index contributed by atoms with van der Waals surface area (Å²) >= 11 is 1.45. The molecule has 2 N–H and O–H groups in total. The summed E-state index contributed by atoms with van der Waals surface area (Å²) < 4.78 is 40.9. The van der Waals surface area contributed by atoms with Crippen molar-refractivity contribution in [3.05, 3.63) is 84.3 Å². The van der Waals surface area contributed by atoms with Gasteiger partial charge in [0.25, 0.3) is 10.0 Å². The maximum absolute atomic E-state index is 13.8. The smallest absolute Gasteiger partial charge is 0.264 e. The van der Waals surface area contributed by atoms with Gasteiger partial charge in [-0.05, 0) is 36.4 Å². The number of anilines is 3. The molecule has 0 unspecified atom stereocenters. The average molecular weight is 426 g/mol. The molecule has 0 aliphatic carbocycles. The minimum absolute atomic E-state index is 0.334. The zero-order valence-electron chi connectivity index (χ0n) is 14.9. The summed E-state index contributed by atoms with van der Waals surface area (Å²) in [6.45, 7) is 0. The van der Waals surface area contributed by atoms with Crippen molar-refractivity contribution in [2.75, 3.05) is 10.0 Å². The van der Waals surface area contributed by atoms with E-state index in [4.69, 9.17) is 0 Å². The first-order chi connectivity index (χ1) is 14.0. The van der Waals surface area contributed by atoms with E-state index in [-0.39, 0.29) is 0 Å². The normalized spacial score (nSPS) is 11.2. The molecule has 29 heavy (non-hydrogen) atoms. The lowest BCUT2D eigenvalue weighted by atomic mass is 10.1. The lowest BCUT2D eigenvalue weighted by Crippen LogP contribution is -2.14. The predicted octanol–water partition coefficient (Wildman–Crippen LogP) is 4.89. The van der Waals surface area contributed by atoms with Crippen LogP contribution in [0.5, 0.6) is 0 Å². The fourth-order valence-electron chi connectivity index (χ4n) is 2.61. The lowest BCUT2D eigenvalue weighted by molar-refractivity contribution is 0.570. The number of nitrogens with one attached hydrogen (secondary N) is 2. The molecule has 2 heterocycles. The van der Waals surface area contributed by atoms with Crippen molar-refractivity contribution in [1.29, 1.82) is 0 Å². The summed E-state index contributed by atoms with van der Waals surface area (Å²) in [6.07, 6.45) is 3.40. The summed E-state index contributed by atoms with van der Waals surface area (Å²) in [7, 11) is -4.01. The van der Waals surface area contributed by atoms with E-state index in [1.54, 1.807) is 36.7 Å².